The van der Waals surface area contributed by atoms with Gasteiger partial charge in [-0.25, -0.2) is 9.07 Å². The minimum Gasteiger partial charge on any atom is -0.337 e. The first-order valence-electron chi connectivity index (χ1n) is 12.0. The first-order chi connectivity index (χ1) is 16.1. The minimum atomic E-state index is -0.198. The van der Waals surface area contributed by atoms with Crippen molar-refractivity contribution in [2.24, 2.45) is 5.92 Å². The fraction of sp³-hybridized carbons (Fsp3) is 0.407. The van der Waals surface area contributed by atoms with Crippen molar-refractivity contribution in [3.63, 3.8) is 0 Å². The molecule has 33 heavy (non-hydrogen) atoms. The van der Waals surface area contributed by atoms with E-state index in [2.05, 4.69) is 21.7 Å². The molecule has 0 bridgehead atoms. The molecule has 5 rings (SSSR count). The summed E-state index contributed by atoms with van der Waals surface area (Å²) in [6.07, 6.45) is 4.04. The predicted molar refractivity (Wildman–Crippen MR) is 126 cm³/mol. The van der Waals surface area contributed by atoms with Gasteiger partial charge in [0.25, 0.3) is 0 Å². The molecule has 0 atom stereocenters. The van der Waals surface area contributed by atoms with Gasteiger partial charge in [0.1, 0.15) is 5.82 Å². The minimum absolute atomic E-state index is 0.182. The molecule has 0 saturated heterocycles. The average molecular weight is 447 g/mol. The highest BCUT2D eigenvalue weighted by Gasteiger charge is 2.31. The van der Waals surface area contributed by atoms with Gasteiger partial charge in [0.2, 0.25) is 5.91 Å². The van der Waals surface area contributed by atoms with Gasteiger partial charge in [-0.15, -0.1) is 0 Å². The number of halogens is 1. The van der Waals surface area contributed by atoms with Gasteiger partial charge in [-0.1, -0.05) is 36.8 Å². The second-order valence-corrected chi connectivity index (χ2v) is 9.19. The summed E-state index contributed by atoms with van der Waals surface area (Å²) >= 11 is 0. The Morgan fingerprint density at radius 3 is 2.67 bits per heavy atom. The number of carbonyl (C=O) groups is 1. The maximum absolute atomic E-state index is 13.7. The van der Waals surface area contributed by atoms with Crippen LogP contribution in [0.4, 0.5) is 4.39 Å². The lowest BCUT2D eigenvalue weighted by molar-refractivity contribution is -0.138. The summed E-state index contributed by atoms with van der Waals surface area (Å²) in [5.41, 5.74) is 5.44. The lowest BCUT2D eigenvalue weighted by Crippen LogP contribution is -2.39. The second kappa shape index (κ2) is 9.48. The third-order valence-corrected chi connectivity index (χ3v) is 7.00. The molecular formula is C27H31FN4O. The van der Waals surface area contributed by atoms with Crippen molar-refractivity contribution < 1.29 is 9.18 Å². The zero-order valence-electron chi connectivity index (χ0n) is 19.2. The first kappa shape index (κ1) is 21.8. The number of carbonyl (C=O) groups excluding carboxylic acids is 1. The molecule has 1 saturated carbocycles. The lowest BCUT2D eigenvalue weighted by Gasteiger charge is -2.31. The highest BCUT2D eigenvalue weighted by atomic mass is 19.1. The number of para-hydroxylation sites is 1. The van der Waals surface area contributed by atoms with Crippen molar-refractivity contribution in [2.45, 2.75) is 52.2 Å². The summed E-state index contributed by atoms with van der Waals surface area (Å²) in [6, 6.07) is 17.1. The van der Waals surface area contributed by atoms with Crippen LogP contribution in [0.1, 0.15) is 48.7 Å². The molecule has 1 aliphatic heterocycles. The number of amides is 1. The normalized spacial score (nSPS) is 16.3. The zero-order valence-corrected chi connectivity index (χ0v) is 19.2. The van der Waals surface area contributed by atoms with Crippen LogP contribution in [-0.2, 0) is 30.8 Å². The molecule has 3 aromatic rings. The van der Waals surface area contributed by atoms with E-state index in [0.29, 0.717) is 19.6 Å². The van der Waals surface area contributed by atoms with E-state index >= 15 is 0 Å². The van der Waals surface area contributed by atoms with E-state index in [-0.39, 0.29) is 17.6 Å². The maximum Gasteiger partial charge on any atom is 0.226 e. The molecule has 0 N–H and O–H groups in total. The molecule has 5 nitrogen and oxygen atoms in total. The number of nitrogens with zero attached hydrogens (tertiary/aromatic N) is 4. The Bertz CT molecular complexity index is 1120. The topological polar surface area (TPSA) is 41.4 Å². The summed E-state index contributed by atoms with van der Waals surface area (Å²) in [5, 5.41) is 5.03. The summed E-state index contributed by atoms with van der Waals surface area (Å²) in [4.78, 5) is 17.3. The molecule has 0 spiro atoms. The van der Waals surface area contributed by atoms with E-state index in [1.165, 1.54) is 17.3 Å². The van der Waals surface area contributed by atoms with E-state index in [1.54, 1.807) is 12.1 Å². The molecule has 0 unspecified atom stereocenters. The van der Waals surface area contributed by atoms with Crippen LogP contribution >= 0.6 is 0 Å². The van der Waals surface area contributed by atoms with Crippen LogP contribution in [0, 0.1) is 11.7 Å². The number of aromatic nitrogens is 2. The fourth-order valence-corrected chi connectivity index (χ4v) is 4.92. The summed E-state index contributed by atoms with van der Waals surface area (Å²) in [6.45, 7) is 5.62. The largest absolute Gasteiger partial charge is 0.337 e. The van der Waals surface area contributed by atoms with Gasteiger partial charge in [0, 0.05) is 44.1 Å². The van der Waals surface area contributed by atoms with Crippen molar-refractivity contribution in [1.82, 2.24) is 19.6 Å². The molecule has 172 valence electrons. The molecule has 1 aliphatic carbocycles. The lowest BCUT2D eigenvalue weighted by atomic mass is 9.84. The Hall–Kier alpha value is -2.99. The quantitative estimate of drug-likeness (QED) is 0.527. The highest BCUT2D eigenvalue weighted by molar-refractivity contribution is 5.79. The predicted octanol–water partition coefficient (Wildman–Crippen LogP) is 4.72. The number of hydrogen-bond donors (Lipinski definition) is 0. The van der Waals surface area contributed by atoms with Gasteiger partial charge in [-0.3, -0.25) is 9.69 Å². The van der Waals surface area contributed by atoms with Gasteiger partial charge < -0.3 is 4.90 Å². The van der Waals surface area contributed by atoms with E-state index in [0.717, 1.165) is 55.7 Å². The second-order valence-electron chi connectivity index (χ2n) is 9.19. The fourth-order valence-electron chi connectivity index (χ4n) is 4.92. The zero-order chi connectivity index (χ0) is 22.8. The Kier molecular flexibility index (Phi) is 6.27. The third-order valence-electron chi connectivity index (χ3n) is 7.00. The van der Waals surface area contributed by atoms with Crippen molar-refractivity contribution in [2.75, 3.05) is 13.1 Å². The Balaban J connectivity index is 1.44. The monoisotopic (exact) mass is 446 g/mol. The van der Waals surface area contributed by atoms with Gasteiger partial charge in [-0.05, 0) is 49.6 Å². The number of benzene rings is 2. The van der Waals surface area contributed by atoms with E-state index in [4.69, 9.17) is 5.10 Å². The maximum atomic E-state index is 13.7. The first-order valence-corrected chi connectivity index (χ1v) is 12.0. The Morgan fingerprint density at radius 2 is 1.97 bits per heavy atom. The van der Waals surface area contributed by atoms with Gasteiger partial charge >= 0.3 is 0 Å². The van der Waals surface area contributed by atoms with Crippen LogP contribution < -0.4 is 0 Å². The average Bonchev–Trinajstić information content (AvgIpc) is 3.14. The molecule has 2 heterocycles. The van der Waals surface area contributed by atoms with Gasteiger partial charge in [0.15, 0.2) is 0 Å². The van der Waals surface area contributed by atoms with E-state index in [9.17, 15) is 9.18 Å². The molecule has 0 radical (unpaired) electrons. The van der Waals surface area contributed by atoms with E-state index < -0.39 is 0 Å². The van der Waals surface area contributed by atoms with Crippen molar-refractivity contribution in [3.05, 3.63) is 82.9 Å². The number of fused-ring (bicyclic) bond motifs is 1. The standard InChI is InChI=1S/C27H31FN4O/c1-2-31(27(33)21-9-7-10-21)19-25-24-18-30(17-20-8-6-11-22(28)16-20)15-14-26(24)32(29-25)23-12-4-3-5-13-23/h3-6,8,11-13,16,21H,2,7,9-10,14-15,17-19H2,1H3. The molecule has 1 fully saturated rings. The molecule has 1 aromatic heterocycles. The van der Waals surface area contributed by atoms with Crippen LogP contribution in [0.2, 0.25) is 0 Å². The summed E-state index contributed by atoms with van der Waals surface area (Å²) in [5.74, 6) is 0.247. The van der Waals surface area contributed by atoms with Crippen LogP contribution in [0.25, 0.3) is 5.69 Å². The van der Waals surface area contributed by atoms with Crippen molar-refractivity contribution in [3.8, 4) is 5.69 Å². The smallest absolute Gasteiger partial charge is 0.226 e. The number of hydrogen-bond acceptors (Lipinski definition) is 3. The SMILES string of the molecule is CCN(Cc1nn(-c2ccccc2)c2c1CN(Cc1cccc(F)c1)CC2)C(=O)C1CCC1. The summed E-state index contributed by atoms with van der Waals surface area (Å²) < 4.78 is 15.8. The van der Waals surface area contributed by atoms with Crippen LogP contribution in [0.15, 0.2) is 54.6 Å². The highest BCUT2D eigenvalue weighted by Crippen LogP contribution is 2.31. The molecule has 2 aromatic carbocycles. The van der Waals surface area contributed by atoms with Crippen molar-refractivity contribution in [1.29, 1.82) is 0 Å². The molecule has 6 heteroatoms. The van der Waals surface area contributed by atoms with Crippen LogP contribution in [0.3, 0.4) is 0 Å². The van der Waals surface area contributed by atoms with E-state index in [1.807, 2.05) is 36.1 Å². The Morgan fingerprint density at radius 1 is 1.15 bits per heavy atom. The molecule has 1 amide bonds. The molecule has 2 aliphatic rings. The van der Waals surface area contributed by atoms with Gasteiger partial charge in [-0.2, -0.15) is 5.10 Å². The summed E-state index contributed by atoms with van der Waals surface area (Å²) in [7, 11) is 0. The van der Waals surface area contributed by atoms with Crippen LogP contribution in [0.5, 0.6) is 0 Å². The van der Waals surface area contributed by atoms with Gasteiger partial charge in [0.05, 0.1) is 23.6 Å². The molecular weight excluding hydrogens is 415 g/mol. The van der Waals surface area contributed by atoms with Crippen molar-refractivity contribution >= 4 is 5.91 Å². The van der Waals surface area contributed by atoms with Crippen LogP contribution in [-0.4, -0.2) is 38.6 Å². The third kappa shape index (κ3) is 4.58. The number of rotatable bonds is 7. The Labute approximate surface area is 194 Å².